The highest BCUT2D eigenvalue weighted by Crippen LogP contribution is 2.17. The minimum Gasteiger partial charge on any atom is -0.245 e. The first kappa shape index (κ1) is 7.22. The van der Waals surface area contributed by atoms with Crippen molar-refractivity contribution in [2.45, 2.75) is 19.2 Å². The van der Waals surface area contributed by atoms with Crippen molar-refractivity contribution in [3.63, 3.8) is 0 Å². The summed E-state index contributed by atoms with van der Waals surface area (Å²) in [4.78, 5) is 5.62. The van der Waals surface area contributed by atoms with Gasteiger partial charge in [0, 0.05) is 4.88 Å². The van der Waals surface area contributed by atoms with E-state index in [1.807, 2.05) is 6.92 Å². The maximum Gasteiger partial charge on any atom is 0.104 e. The van der Waals surface area contributed by atoms with Crippen molar-refractivity contribution in [2.75, 3.05) is 0 Å². The molecule has 1 nitrogen and oxygen atoms in total. The minimum absolute atomic E-state index is 0.881. The Morgan fingerprint density at radius 1 is 1.56 bits per heavy atom. The molecule has 0 aliphatic rings. The fourth-order valence-corrected chi connectivity index (χ4v) is 1.85. The molecule has 0 aliphatic carbocycles. The van der Waals surface area contributed by atoms with E-state index in [2.05, 4.69) is 27.8 Å². The average Bonchev–Trinajstić information content (AvgIpc) is 2.13. The Balaban J connectivity index is 2.98. The van der Waals surface area contributed by atoms with Crippen LogP contribution in [0.1, 0.15) is 15.6 Å². The van der Waals surface area contributed by atoms with Gasteiger partial charge < -0.3 is 0 Å². The van der Waals surface area contributed by atoms with Crippen LogP contribution in [0.3, 0.4) is 0 Å². The summed E-state index contributed by atoms with van der Waals surface area (Å²) in [6.07, 6.45) is 0. The van der Waals surface area contributed by atoms with Gasteiger partial charge in [-0.15, -0.1) is 11.3 Å². The fourth-order valence-electron chi connectivity index (χ4n) is 0.596. The van der Waals surface area contributed by atoms with Crippen LogP contribution >= 0.6 is 27.3 Å². The topological polar surface area (TPSA) is 12.9 Å². The van der Waals surface area contributed by atoms with Crippen molar-refractivity contribution < 1.29 is 0 Å². The number of nitrogens with zero attached hydrogens (tertiary/aromatic N) is 1. The van der Waals surface area contributed by atoms with Gasteiger partial charge in [0.2, 0.25) is 0 Å². The zero-order valence-corrected chi connectivity index (χ0v) is 7.84. The van der Waals surface area contributed by atoms with Gasteiger partial charge in [0.25, 0.3) is 0 Å². The Hall–Kier alpha value is 0.110. The van der Waals surface area contributed by atoms with Crippen LogP contribution in [0, 0.1) is 13.8 Å². The number of hydrogen-bond acceptors (Lipinski definition) is 2. The highest BCUT2D eigenvalue weighted by atomic mass is 79.9. The van der Waals surface area contributed by atoms with Crippen molar-refractivity contribution in [2.24, 2.45) is 0 Å². The van der Waals surface area contributed by atoms with E-state index in [4.69, 9.17) is 0 Å². The summed E-state index contributed by atoms with van der Waals surface area (Å²) in [6.45, 7) is 4.14. The summed E-state index contributed by atoms with van der Waals surface area (Å²) in [6, 6.07) is 0. The Morgan fingerprint density at radius 2 is 2.22 bits per heavy atom. The van der Waals surface area contributed by atoms with E-state index >= 15 is 0 Å². The molecular formula is C6H8BrNS. The third-order valence-electron chi connectivity index (χ3n) is 1.19. The van der Waals surface area contributed by atoms with Gasteiger partial charge in [0.1, 0.15) is 5.01 Å². The second kappa shape index (κ2) is 2.80. The molecule has 0 amide bonds. The molecule has 1 aromatic heterocycles. The van der Waals surface area contributed by atoms with E-state index in [1.54, 1.807) is 11.3 Å². The summed E-state index contributed by atoms with van der Waals surface area (Å²) in [7, 11) is 0. The number of rotatable bonds is 1. The number of thiazole rings is 1. The lowest BCUT2D eigenvalue weighted by Gasteiger charge is -1.78. The average molecular weight is 206 g/mol. The summed E-state index contributed by atoms with van der Waals surface area (Å²) >= 11 is 5.11. The highest BCUT2D eigenvalue weighted by Gasteiger charge is 1.99. The van der Waals surface area contributed by atoms with Gasteiger partial charge in [-0.3, -0.25) is 0 Å². The van der Waals surface area contributed by atoms with Crippen molar-refractivity contribution in [1.29, 1.82) is 0 Å². The molecule has 0 unspecified atom stereocenters. The van der Waals surface area contributed by atoms with Crippen LogP contribution in [0.5, 0.6) is 0 Å². The summed E-state index contributed by atoms with van der Waals surface area (Å²) in [5, 5.41) is 2.05. The molecule has 0 spiro atoms. The molecule has 0 saturated carbocycles. The summed E-state index contributed by atoms with van der Waals surface area (Å²) < 4.78 is 0. The zero-order valence-electron chi connectivity index (χ0n) is 5.44. The Bertz CT molecular complexity index is 187. The predicted octanol–water partition coefficient (Wildman–Crippen LogP) is 2.65. The van der Waals surface area contributed by atoms with Gasteiger partial charge in [-0.2, -0.15) is 0 Å². The van der Waals surface area contributed by atoms with Crippen LogP contribution in [-0.2, 0) is 5.33 Å². The van der Waals surface area contributed by atoms with Crippen LogP contribution in [0.4, 0.5) is 0 Å². The van der Waals surface area contributed by atoms with Crippen molar-refractivity contribution >= 4 is 27.3 Å². The molecule has 0 saturated heterocycles. The quantitative estimate of drug-likeness (QED) is 0.643. The van der Waals surface area contributed by atoms with E-state index in [0.29, 0.717) is 0 Å². The lowest BCUT2D eigenvalue weighted by molar-refractivity contribution is 1.17. The van der Waals surface area contributed by atoms with Crippen molar-refractivity contribution in [3.05, 3.63) is 15.6 Å². The SMILES string of the molecule is Cc1nc(CBr)sc1C. The van der Waals surface area contributed by atoms with E-state index in [1.165, 1.54) is 9.88 Å². The third kappa shape index (κ3) is 1.52. The Kier molecular flexibility index (Phi) is 2.24. The summed E-state index contributed by atoms with van der Waals surface area (Å²) in [5.74, 6) is 0. The molecule has 3 heteroatoms. The fraction of sp³-hybridized carbons (Fsp3) is 0.500. The van der Waals surface area contributed by atoms with Gasteiger partial charge >= 0.3 is 0 Å². The van der Waals surface area contributed by atoms with Gasteiger partial charge in [-0.1, -0.05) is 15.9 Å². The lowest BCUT2D eigenvalue weighted by atomic mass is 10.4. The van der Waals surface area contributed by atoms with E-state index in [-0.39, 0.29) is 0 Å². The molecule has 1 rings (SSSR count). The predicted molar refractivity (Wildman–Crippen MR) is 44.2 cm³/mol. The molecular weight excluding hydrogens is 198 g/mol. The second-order valence-corrected chi connectivity index (χ2v) is 3.73. The first-order valence-corrected chi connectivity index (χ1v) is 4.66. The van der Waals surface area contributed by atoms with Crippen molar-refractivity contribution in [3.8, 4) is 0 Å². The maximum atomic E-state index is 4.30. The number of aromatic nitrogens is 1. The Labute approximate surface area is 67.3 Å². The van der Waals surface area contributed by atoms with Crippen LogP contribution in [-0.4, -0.2) is 4.98 Å². The first-order chi connectivity index (χ1) is 4.24. The van der Waals surface area contributed by atoms with Crippen LogP contribution in [0.15, 0.2) is 0 Å². The molecule has 0 N–H and O–H groups in total. The molecule has 0 aliphatic heterocycles. The van der Waals surface area contributed by atoms with Gasteiger partial charge in [-0.25, -0.2) is 4.98 Å². The number of hydrogen-bond donors (Lipinski definition) is 0. The summed E-state index contributed by atoms with van der Waals surface area (Å²) in [5.41, 5.74) is 1.16. The van der Waals surface area contributed by atoms with Gasteiger partial charge in [0.15, 0.2) is 0 Å². The largest absolute Gasteiger partial charge is 0.245 e. The van der Waals surface area contributed by atoms with E-state index in [9.17, 15) is 0 Å². The second-order valence-electron chi connectivity index (χ2n) is 1.88. The van der Waals surface area contributed by atoms with Crippen LogP contribution in [0.25, 0.3) is 0 Å². The van der Waals surface area contributed by atoms with Crippen LogP contribution in [0.2, 0.25) is 0 Å². The highest BCUT2D eigenvalue weighted by molar-refractivity contribution is 9.08. The van der Waals surface area contributed by atoms with E-state index < -0.39 is 0 Å². The standard InChI is InChI=1S/C6H8BrNS/c1-4-5(2)9-6(3-7)8-4/h3H2,1-2H3. The zero-order chi connectivity index (χ0) is 6.85. The number of halogens is 1. The van der Waals surface area contributed by atoms with Gasteiger partial charge in [-0.05, 0) is 13.8 Å². The third-order valence-corrected chi connectivity index (χ3v) is 3.16. The smallest absolute Gasteiger partial charge is 0.104 e. The molecule has 0 aromatic carbocycles. The molecule has 1 heterocycles. The molecule has 1 aromatic rings. The molecule has 0 radical (unpaired) electrons. The number of alkyl halides is 1. The van der Waals surface area contributed by atoms with Crippen molar-refractivity contribution in [1.82, 2.24) is 4.98 Å². The molecule has 50 valence electrons. The minimum atomic E-state index is 0.881. The molecule has 0 fully saturated rings. The molecule has 0 bridgehead atoms. The number of aryl methyl sites for hydroxylation is 2. The Morgan fingerprint density at radius 3 is 2.44 bits per heavy atom. The monoisotopic (exact) mass is 205 g/mol. The normalized spacial score (nSPS) is 10.1. The van der Waals surface area contributed by atoms with E-state index in [0.717, 1.165) is 11.0 Å². The molecule has 9 heavy (non-hydrogen) atoms. The van der Waals surface area contributed by atoms with Crippen LogP contribution < -0.4 is 0 Å². The molecule has 0 atom stereocenters. The lowest BCUT2D eigenvalue weighted by Crippen LogP contribution is -1.74. The maximum absolute atomic E-state index is 4.30. The first-order valence-electron chi connectivity index (χ1n) is 2.73. The van der Waals surface area contributed by atoms with Gasteiger partial charge in [0.05, 0.1) is 11.0 Å².